The Hall–Kier alpha value is -2.94. The van der Waals surface area contributed by atoms with Crippen LogP contribution in [0.5, 0.6) is 0 Å². The minimum atomic E-state index is -0.710. The average molecular weight is 270 g/mol. The van der Waals surface area contributed by atoms with Gasteiger partial charge < -0.3 is 5.73 Å². The minimum Gasteiger partial charge on any atom is -0.369 e. The number of nitriles is 1. The second-order valence-electron chi connectivity index (χ2n) is 4.22. The summed E-state index contributed by atoms with van der Waals surface area (Å²) in [6.45, 7) is 0. The fourth-order valence-corrected chi connectivity index (χ4v) is 2.15. The first-order chi connectivity index (χ1) is 9.60. The molecule has 0 spiro atoms. The smallest absolute Gasteiger partial charge is 0.205 e. The Bertz CT molecular complexity index is 841. The number of benzene rings is 2. The fourth-order valence-electron chi connectivity index (χ4n) is 2.15. The zero-order valence-electron chi connectivity index (χ0n) is 10.1. The summed E-state index contributed by atoms with van der Waals surface area (Å²) in [6.07, 6.45) is 0. The maximum Gasteiger partial charge on any atom is 0.205 e. The van der Waals surface area contributed by atoms with Gasteiger partial charge in [0, 0.05) is 6.07 Å². The van der Waals surface area contributed by atoms with Crippen LogP contribution in [0.1, 0.15) is 5.56 Å². The van der Waals surface area contributed by atoms with E-state index in [1.807, 2.05) is 6.07 Å². The highest BCUT2D eigenvalue weighted by atomic mass is 19.1. The first-order valence-corrected chi connectivity index (χ1v) is 5.73. The van der Waals surface area contributed by atoms with Crippen LogP contribution in [0.3, 0.4) is 0 Å². The molecule has 98 valence electrons. The van der Waals surface area contributed by atoms with E-state index < -0.39 is 11.6 Å². The lowest BCUT2D eigenvalue weighted by atomic mass is 10.2. The van der Waals surface area contributed by atoms with Crippen LogP contribution in [0.2, 0.25) is 0 Å². The van der Waals surface area contributed by atoms with Crippen LogP contribution in [0, 0.1) is 23.0 Å². The molecular weight excluding hydrogens is 262 g/mol. The van der Waals surface area contributed by atoms with E-state index in [0.29, 0.717) is 16.6 Å². The lowest BCUT2D eigenvalue weighted by Gasteiger charge is -2.07. The molecule has 0 aliphatic rings. The van der Waals surface area contributed by atoms with Gasteiger partial charge in [-0.3, -0.25) is 4.57 Å². The van der Waals surface area contributed by atoms with Crippen molar-refractivity contribution in [1.82, 2.24) is 9.55 Å². The normalized spacial score (nSPS) is 10.7. The average Bonchev–Trinajstić information content (AvgIpc) is 2.73. The topological polar surface area (TPSA) is 67.6 Å². The van der Waals surface area contributed by atoms with Crippen LogP contribution in [0.4, 0.5) is 14.7 Å². The van der Waals surface area contributed by atoms with Gasteiger partial charge in [0.05, 0.1) is 16.8 Å². The Balaban J connectivity index is 2.37. The Morgan fingerprint density at radius 2 is 1.85 bits per heavy atom. The van der Waals surface area contributed by atoms with Gasteiger partial charge in [-0.1, -0.05) is 6.07 Å². The summed E-state index contributed by atoms with van der Waals surface area (Å²) in [5.41, 5.74) is 7.30. The van der Waals surface area contributed by atoms with Crippen molar-refractivity contribution >= 4 is 17.0 Å². The summed E-state index contributed by atoms with van der Waals surface area (Å²) in [7, 11) is 0. The second-order valence-corrected chi connectivity index (χ2v) is 4.22. The molecule has 0 amide bonds. The summed E-state index contributed by atoms with van der Waals surface area (Å²) in [4.78, 5) is 4.09. The molecule has 0 bridgehead atoms. The number of nitrogens with zero attached hydrogens (tertiary/aromatic N) is 3. The standard InChI is InChI=1S/C14H8F2N4/c15-9-4-10(16)6-11(5-9)20-12-3-1-2-8(7-17)13(12)19-14(20)18/h1-6H,(H2,18,19). The highest BCUT2D eigenvalue weighted by Gasteiger charge is 2.14. The molecule has 0 saturated carbocycles. The number of nitrogens with two attached hydrogens (primary N) is 1. The van der Waals surface area contributed by atoms with Crippen molar-refractivity contribution in [2.75, 3.05) is 5.73 Å². The lowest BCUT2D eigenvalue weighted by molar-refractivity contribution is 0.582. The number of imidazole rings is 1. The Labute approximate surface area is 112 Å². The third-order valence-corrected chi connectivity index (χ3v) is 2.94. The SMILES string of the molecule is N#Cc1cccc2c1nc(N)n2-c1cc(F)cc(F)c1. The van der Waals surface area contributed by atoms with E-state index in [0.717, 1.165) is 18.2 Å². The van der Waals surface area contributed by atoms with Crippen molar-refractivity contribution in [3.05, 3.63) is 53.6 Å². The number of fused-ring (bicyclic) bond motifs is 1. The number of nitrogen functional groups attached to an aromatic ring is 1. The van der Waals surface area contributed by atoms with Gasteiger partial charge in [-0.25, -0.2) is 13.8 Å². The van der Waals surface area contributed by atoms with Crippen molar-refractivity contribution in [3.63, 3.8) is 0 Å². The lowest BCUT2D eigenvalue weighted by Crippen LogP contribution is -2.01. The molecule has 0 atom stereocenters. The van der Waals surface area contributed by atoms with E-state index in [2.05, 4.69) is 4.98 Å². The number of para-hydroxylation sites is 1. The van der Waals surface area contributed by atoms with Gasteiger partial charge in [-0.2, -0.15) is 5.26 Å². The van der Waals surface area contributed by atoms with Crippen LogP contribution >= 0.6 is 0 Å². The number of aromatic nitrogens is 2. The monoisotopic (exact) mass is 270 g/mol. The number of hydrogen-bond donors (Lipinski definition) is 1. The third-order valence-electron chi connectivity index (χ3n) is 2.94. The van der Waals surface area contributed by atoms with E-state index in [9.17, 15) is 8.78 Å². The van der Waals surface area contributed by atoms with Gasteiger partial charge in [0.2, 0.25) is 5.95 Å². The number of rotatable bonds is 1. The zero-order chi connectivity index (χ0) is 14.3. The van der Waals surface area contributed by atoms with E-state index in [1.165, 1.54) is 4.57 Å². The molecule has 20 heavy (non-hydrogen) atoms. The molecular formula is C14H8F2N4. The van der Waals surface area contributed by atoms with Crippen LogP contribution < -0.4 is 5.73 Å². The molecule has 6 heteroatoms. The molecule has 0 radical (unpaired) electrons. The molecule has 1 heterocycles. The predicted molar refractivity (Wildman–Crippen MR) is 70.1 cm³/mol. The van der Waals surface area contributed by atoms with Crippen molar-refractivity contribution < 1.29 is 8.78 Å². The Morgan fingerprint density at radius 3 is 2.50 bits per heavy atom. The molecule has 0 saturated heterocycles. The van der Waals surface area contributed by atoms with Crippen LogP contribution in [-0.2, 0) is 0 Å². The molecule has 2 N–H and O–H groups in total. The molecule has 0 unspecified atom stereocenters. The third kappa shape index (κ3) is 1.77. The zero-order valence-corrected chi connectivity index (χ0v) is 10.1. The molecule has 3 rings (SSSR count). The Kier molecular flexibility index (Phi) is 2.61. The molecule has 0 fully saturated rings. The predicted octanol–water partition coefficient (Wildman–Crippen LogP) is 2.76. The quantitative estimate of drug-likeness (QED) is 0.739. The summed E-state index contributed by atoms with van der Waals surface area (Å²) in [5.74, 6) is -1.36. The van der Waals surface area contributed by atoms with Gasteiger partial charge in [-0.05, 0) is 24.3 Å². The number of hydrogen-bond acceptors (Lipinski definition) is 3. The largest absolute Gasteiger partial charge is 0.369 e. The summed E-state index contributed by atoms with van der Waals surface area (Å²) in [5, 5.41) is 9.03. The first kappa shape index (κ1) is 12.1. The van der Waals surface area contributed by atoms with Crippen LogP contribution in [0.15, 0.2) is 36.4 Å². The van der Waals surface area contributed by atoms with Gasteiger partial charge in [-0.15, -0.1) is 0 Å². The Morgan fingerprint density at radius 1 is 1.15 bits per heavy atom. The van der Waals surface area contributed by atoms with Crippen molar-refractivity contribution in [2.45, 2.75) is 0 Å². The van der Waals surface area contributed by atoms with E-state index in [1.54, 1.807) is 18.2 Å². The summed E-state index contributed by atoms with van der Waals surface area (Å²) < 4.78 is 28.1. The summed E-state index contributed by atoms with van der Waals surface area (Å²) in [6, 6.07) is 10.0. The fraction of sp³-hybridized carbons (Fsp3) is 0. The molecule has 2 aromatic carbocycles. The van der Waals surface area contributed by atoms with Crippen molar-refractivity contribution in [3.8, 4) is 11.8 Å². The van der Waals surface area contributed by atoms with Crippen molar-refractivity contribution in [2.24, 2.45) is 0 Å². The molecule has 3 aromatic rings. The number of anilines is 1. The van der Waals surface area contributed by atoms with Crippen LogP contribution in [-0.4, -0.2) is 9.55 Å². The summed E-state index contributed by atoms with van der Waals surface area (Å²) >= 11 is 0. The highest BCUT2D eigenvalue weighted by molar-refractivity contribution is 5.85. The van der Waals surface area contributed by atoms with Gasteiger partial charge in [0.25, 0.3) is 0 Å². The second kappa shape index (κ2) is 4.31. The number of halogens is 2. The molecule has 0 aliphatic carbocycles. The van der Waals surface area contributed by atoms with Crippen molar-refractivity contribution in [1.29, 1.82) is 5.26 Å². The maximum atomic E-state index is 13.3. The van der Waals surface area contributed by atoms with E-state index in [-0.39, 0.29) is 11.6 Å². The van der Waals surface area contributed by atoms with Crippen LogP contribution in [0.25, 0.3) is 16.7 Å². The highest BCUT2D eigenvalue weighted by Crippen LogP contribution is 2.26. The van der Waals surface area contributed by atoms with E-state index >= 15 is 0 Å². The maximum absolute atomic E-state index is 13.3. The minimum absolute atomic E-state index is 0.0627. The molecule has 4 nitrogen and oxygen atoms in total. The van der Waals surface area contributed by atoms with Gasteiger partial charge in [0.15, 0.2) is 0 Å². The van der Waals surface area contributed by atoms with Gasteiger partial charge >= 0.3 is 0 Å². The van der Waals surface area contributed by atoms with E-state index in [4.69, 9.17) is 11.0 Å². The molecule has 0 aliphatic heterocycles. The molecule has 1 aromatic heterocycles. The first-order valence-electron chi connectivity index (χ1n) is 5.73. The van der Waals surface area contributed by atoms with Gasteiger partial charge in [0.1, 0.15) is 23.2 Å².